The van der Waals surface area contributed by atoms with Crippen molar-refractivity contribution in [1.29, 1.82) is 0 Å². The smallest absolute Gasteiger partial charge is 0.239 e. The lowest BCUT2D eigenvalue weighted by Crippen LogP contribution is -2.51. The number of likely N-dealkylation sites (tertiary alicyclic amines) is 1. The lowest BCUT2D eigenvalue weighted by atomic mass is 9.87. The number of nitrogens with zero attached hydrogens (tertiary/aromatic N) is 2. The molecule has 1 aromatic rings. The van der Waals surface area contributed by atoms with Gasteiger partial charge in [-0.1, -0.05) is 31.7 Å². The summed E-state index contributed by atoms with van der Waals surface area (Å²) in [6.45, 7) is 3.07. The van der Waals surface area contributed by atoms with Gasteiger partial charge in [-0.25, -0.2) is 0 Å². The van der Waals surface area contributed by atoms with Gasteiger partial charge in [0.05, 0.1) is 11.7 Å². The molecular weight excluding hydrogens is 302 g/mol. The van der Waals surface area contributed by atoms with E-state index in [2.05, 4.69) is 4.98 Å². The van der Waals surface area contributed by atoms with Gasteiger partial charge in [0.15, 0.2) is 0 Å². The summed E-state index contributed by atoms with van der Waals surface area (Å²) >= 11 is 0. The van der Waals surface area contributed by atoms with E-state index in [0.29, 0.717) is 37.5 Å². The molecule has 1 aliphatic carbocycles. The molecule has 2 fully saturated rings. The summed E-state index contributed by atoms with van der Waals surface area (Å²) in [5.41, 5.74) is 7.01. The minimum absolute atomic E-state index is 0.0424. The van der Waals surface area contributed by atoms with Crippen LogP contribution in [0.2, 0.25) is 0 Å². The van der Waals surface area contributed by atoms with Gasteiger partial charge in [-0.2, -0.15) is 0 Å². The van der Waals surface area contributed by atoms with Gasteiger partial charge in [0, 0.05) is 19.3 Å². The van der Waals surface area contributed by atoms with Crippen LogP contribution >= 0.6 is 0 Å². The van der Waals surface area contributed by atoms with Crippen LogP contribution in [0.25, 0.3) is 0 Å². The fourth-order valence-corrected chi connectivity index (χ4v) is 4.04. The van der Waals surface area contributed by atoms with Crippen molar-refractivity contribution < 1.29 is 9.90 Å². The number of carbonyl (C=O) groups is 1. The summed E-state index contributed by atoms with van der Waals surface area (Å²) in [5.74, 6) is 0.656. The average Bonchev–Trinajstić information content (AvgIpc) is 3.08. The largest absolute Gasteiger partial charge is 0.383 e. The average molecular weight is 331 g/mol. The molecule has 1 aromatic heterocycles. The second-order valence-corrected chi connectivity index (χ2v) is 7.57. The molecule has 1 aliphatic heterocycles. The lowest BCUT2D eigenvalue weighted by molar-refractivity contribution is -0.137. The SMILES string of the molecule is Cc1ccc(C2(O)CCN(C(=O)[C@H](N)CC3CCCC3)CC2)nc1. The molecule has 1 saturated heterocycles. The molecule has 5 heteroatoms. The number of aromatic nitrogens is 1. The quantitative estimate of drug-likeness (QED) is 0.885. The molecule has 0 unspecified atom stereocenters. The monoisotopic (exact) mass is 331 g/mol. The number of hydrogen-bond donors (Lipinski definition) is 2. The molecule has 0 radical (unpaired) electrons. The maximum atomic E-state index is 12.6. The minimum Gasteiger partial charge on any atom is -0.383 e. The van der Waals surface area contributed by atoms with Gasteiger partial charge in [-0.15, -0.1) is 0 Å². The summed E-state index contributed by atoms with van der Waals surface area (Å²) in [7, 11) is 0. The Hall–Kier alpha value is -1.46. The summed E-state index contributed by atoms with van der Waals surface area (Å²) in [4.78, 5) is 18.8. The third-order valence-electron chi connectivity index (χ3n) is 5.67. The number of carbonyl (C=O) groups excluding carboxylic acids is 1. The molecule has 132 valence electrons. The number of pyridine rings is 1. The predicted molar refractivity (Wildman–Crippen MR) is 93.2 cm³/mol. The molecule has 2 heterocycles. The van der Waals surface area contributed by atoms with Crippen LogP contribution in [0.1, 0.15) is 56.2 Å². The Morgan fingerprint density at radius 1 is 1.38 bits per heavy atom. The first-order valence-electron chi connectivity index (χ1n) is 9.18. The van der Waals surface area contributed by atoms with Crippen molar-refractivity contribution in [3.05, 3.63) is 29.6 Å². The van der Waals surface area contributed by atoms with Gasteiger partial charge in [0.2, 0.25) is 5.91 Å². The number of aliphatic hydroxyl groups is 1. The Balaban J connectivity index is 1.55. The van der Waals surface area contributed by atoms with Crippen LogP contribution in [-0.2, 0) is 10.4 Å². The number of hydrogen-bond acceptors (Lipinski definition) is 4. The van der Waals surface area contributed by atoms with Crippen LogP contribution in [0.5, 0.6) is 0 Å². The highest BCUT2D eigenvalue weighted by Gasteiger charge is 2.37. The highest BCUT2D eigenvalue weighted by Crippen LogP contribution is 2.32. The second kappa shape index (κ2) is 7.19. The molecule has 3 N–H and O–H groups in total. The van der Waals surface area contributed by atoms with Crippen LogP contribution < -0.4 is 5.73 Å². The van der Waals surface area contributed by atoms with E-state index in [4.69, 9.17) is 5.73 Å². The Morgan fingerprint density at radius 3 is 2.62 bits per heavy atom. The zero-order chi connectivity index (χ0) is 17.2. The zero-order valence-electron chi connectivity index (χ0n) is 14.6. The Morgan fingerprint density at radius 2 is 2.04 bits per heavy atom. The highest BCUT2D eigenvalue weighted by molar-refractivity contribution is 5.81. The van der Waals surface area contributed by atoms with Crippen molar-refractivity contribution in [3.63, 3.8) is 0 Å². The maximum Gasteiger partial charge on any atom is 0.239 e. The first-order chi connectivity index (χ1) is 11.5. The molecule has 24 heavy (non-hydrogen) atoms. The molecule has 0 spiro atoms. The normalized spacial score (nSPS) is 22.5. The van der Waals surface area contributed by atoms with Crippen LogP contribution in [0.4, 0.5) is 0 Å². The van der Waals surface area contributed by atoms with Gasteiger partial charge in [0.1, 0.15) is 5.60 Å². The minimum atomic E-state index is -0.931. The van der Waals surface area contributed by atoms with E-state index in [1.807, 2.05) is 24.0 Å². The Bertz CT molecular complexity index is 558. The fourth-order valence-electron chi connectivity index (χ4n) is 4.04. The topological polar surface area (TPSA) is 79.5 Å². The second-order valence-electron chi connectivity index (χ2n) is 7.57. The number of nitrogens with two attached hydrogens (primary N) is 1. The van der Waals surface area contributed by atoms with E-state index >= 15 is 0 Å². The first kappa shape index (κ1) is 17.4. The standard InChI is InChI=1S/C19H29N3O2/c1-14-6-7-17(21-13-14)19(24)8-10-22(11-9-19)18(23)16(20)12-15-4-2-3-5-15/h6-7,13,15-16,24H,2-5,8-12,20H2,1H3/t16-/m1/s1. The Kier molecular flexibility index (Phi) is 5.21. The zero-order valence-corrected chi connectivity index (χ0v) is 14.6. The van der Waals surface area contributed by atoms with E-state index in [-0.39, 0.29) is 5.91 Å². The molecule has 5 nitrogen and oxygen atoms in total. The number of piperidine rings is 1. The van der Waals surface area contributed by atoms with Crippen molar-refractivity contribution in [2.75, 3.05) is 13.1 Å². The van der Waals surface area contributed by atoms with Gasteiger partial charge in [0.25, 0.3) is 0 Å². The summed E-state index contributed by atoms with van der Waals surface area (Å²) in [6.07, 6.45) is 8.58. The number of amides is 1. The van der Waals surface area contributed by atoms with Crippen molar-refractivity contribution >= 4 is 5.91 Å². The van der Waals surface area contributed by atoms with E-state index in [1.165, 1.54) is 25.7 Å². The molecule has 3 rings (SSSR count). The van der Waals surface area contributed by atoms with Crippen molar-refractivity contribution in [2.45, 2.75) is 63.5 Å². The Labute approximate surface area is 144 Å². The fraction of sp³-hybridized carbons (Fsp3) is 0.684. The highest BCUT2D eigenvalue weighted by atomic mass is 16.3. The number of aryl methyl sites for hydroxylation is 1. The van der Waals surface area contributed by atoms with E-state index < -0.39 is 11.6 Å². The van der Waals surface area contributed by atoms with E-state index in [0.717, 1.165) is 12.0 Å². The van der Waals surface area contributed by atoms with Gasteiger partial charge in [-0.05, 0) is 43.7 Å². The molecular formula is C19H29N3O2. The predicted octanol–water partition coefficient (Wildman–Crippen LogP) is 2.11. The molecule has 1 saturated carbocycles. The molecule has 1 atom stereocenters. The maximum absolute atomic E-state index is 12.6. The molecule has 1 amide bonds. The number of rotatable bonds is 4. The van der Waals surface area contributed by atoms with Crippen LogP contribution in [0, 0.1) is 12.8 Å². The molecule has 0 aromatic carbocycles. The van der Waals surface area contributed by atoms with Crippen molar-refractivity contribution in [1.82, 2.24) is 9.88 Å². The van der Waals surface area contributed by atoms with Gasteiger partial charge < -0.3 is 15.7 Å². The summed E-state index contributed by atoms with van der Waals surface area (Å²) in [5, 5.41) is 10.9. The van der Waals surface area contributed by atoms with Gasteiger partial charge in [-0.3, -0.25) is 9.78 Å². The van der Waals surface area contributed by atoms with Gasteiger partial charge >= 0.3 is 0 Å². The van der Waals surface area contributed by atoms with Crippen LogP contribution in [-0.4, -0.2) is 40.0 Å². The summed E-state index contributed by atoms with van der Waals surface area (Å²) < 4.78 is 0. The van der Waals surface area contributed by atoms with Crippen molar-refractivity contribution in [3.8, 4) is 0 Å². The van der Waals surface area contributed by atoms with Crippen LogP contribution in [0.15, 0.2) is 18.3 Å². The van der Waals surface area contributed by atoms with Crippen molar-refractivity contribution in [2.24, 2.45) is 11.7 Å². The molecule has 2 aliphatic rings. The van der Waals surface area contributed by atoms with E-state index in [1.54, 1.807) is 6.20 Å². The lowest BCUT2D eigenvalue weighted by Gasteiger charge is -2.38. The third-order valence-corrected chi connectivity index (χ3v) is 5.67. The molecule has 0 bridgehead atoms. The summed E-state index contributed by atoms with van der Waals surface area (Å²) in [6, 6.07) is 3.46. The van der Waals surface area contributed by atoms with E-state index in [9.17, 15) is 9.90 Å². The van der Waals surface area contributed by atoms with Crippen LogP contribution in [0.3, 0.4) is 0 Å². The third kappa shape index (κ3) is 3.78. The first-order valence-corrected chi connectivity index (χ1v) is 9.18.